The van der Waals surface area contributed by atoms with Crippen LogP contribution in [0.15, 0.2) is 45.9 Å². The summed E-state index contributed by atoms with van der Waals surface area (Å²) in [6, 6.07) is 12.2. The lowest BCUT2D eigenvalue weighted by atomic mass is 10.2. The number of carbonyl (C=O) groups excluding carboxylic acids is 1. The van der Waals surface area contributed by atoms with Gasteiger partial charge in [-0.1, -0.05) is 12.1 Å². The van der Waals surface area contributed by atoms with Crippen LogP contribution in [-0.4, -0.2) is 18.7 Å². The van der Waals surface area contributed by atoms with Crippen LogP contribution in [0.25, 0.3) is 0 Å². The molecule has 2 aromatic rings. The molecule has 0 atom stereocenters. The predicted octanol–water partition coefficient (Wildman–Crippen LogP) is 2.25. The maximum Gasteiger partial charge on any atom is 0.307 e. The van der Waals surface area contributed by atoms with Crippen molar-refractivity contribution in [3.05, 3.63) is 53.5 Å². The van der Waals surface area contributed by atoms with Crippen LogP contribution in [-0.2, 0) is 0 Å². The fourth-order valence-corrected chi connectivity index (χ4v) is 1.60. The molecule has 1 heterocycles. The number of hydrazone groups is 1. The molecule has 0 aliphatic rings. The number of ether oxygens (including phenoxy) is 1. The second kappa shape index (κ2) is 6.91. The Hall–Kier alpha value is -3.07. The highest BCUT2D eigenvalue weighted by atomic mass is 16.5. The van der Waals surface area contributed by atoms with Gasteiger partial charge in [0, 0.05) is 5.56 Å². The van der Waals surface area contributed by atoms with E-state index < -0.39 is 5.91 Å². The van der Waals surface area contributed by atoms with Gasteiger partial charge in [0.15, 0.2) is 12.4 Å². The minimum absolute atomic E-state index is 0.0527. The summed E-state index contributed by atoms with van der Waals surface area (Å²) in [6.07, 6.45) is 1.44. The quantitative estimate of drug-likeness (QED) is 0.673. The average Bonchev–Trinajstić information content (AvgIpc) is 2.93. The average molecular weight is 283 g/mol. The van der Waals surface area contributed by atoms with Gasteiger partial charge in [-0.15, -0.1) is 0 Å². The van der Waals surface area contributed by atoms with Gasteiger partial charge >= 0.3 is 5.91 Å². The zero-order chi connectivity index (χ0) is 15.1. The molecule has 106 valence electrons. The molecule has 0 radical (unpaired) electrons. The van der Waals surface area contributed by atoms with Crippen molar-refractivity contribution in [2.45, 2.75) is 6.92 Å². The van der Waals surface area contributed by atoms with Crippen molar-refractivity contribution in [1.82, 2.24) is 5.43 Å². The van der Waals surface area contributed by atoms with Crippen LogP contribution < -0.4 is 10.2 Å². The zero-order valence-corrected chi connectivity index (χ0v) is 11.4. The molecule has 1 amide bonds. The van der Waals surface area contributed by atoms with E-state index in [2.05, 4.69) is 10.5 Å². The number of nitrogens with zero attached hydrogens (tertiary/aromatic N) is 2. The molecule has 0 fully saturated rings. The van der Waals surface area contributed by atoms with Crippen molar-refractivity contribution in [2.75, 3.05) is 6.61 Å². The fraction of sp³-hybridized carbons (Fsp3) is 0.133. The molecule has 6 heteroatoms. The molecule has 1 N–H and O–H groups in total. The second-order valence-electron chi connectivity index (χ2n) is 4.09. The molecular weight excluding hydrogens is 270 g/mol. The molecule has 0 aliphatic carbocycles. The maximum absolute atomic E-state index is 11.7. The van der Waals surface area contributed by atoms with Gasteiger partial charge in [0.05, 0.1) is 6.21 Å². The zero-order valence-electron chi connectivity index (χ0n) is 11.4. The Labute approximate surface area is 121 Å². The summed E-state index contributed by atoms with van der Waals surface area (Å²) < 4.78 is 10.4. The molecule has 2 rings (SSSR count). The largest absolute Gasteiger partial charge is 0.478 e. The van der Waals surface area contributed by atoms with Crippen molar-refractivity contribution < 1.29 is 13.9 Å². The molecule has 0 saturated heterocycles. The predicted molar refractivity (Wildman–Crippen MR) is 76.1 cm³/mol. The lowest BCUT2D eigenvalue weighted by molar-refractivity contribution is 0.0926. The molecule has 21 heavy (non-hydrogen) atoms. The van der Waals surface area contributed by atoms with E-state index >= 15 is 0 Å². The highest BCUT2D eigenvalue weighted by Gasteiger charge is 2.08. The van der Waals surface area contributed by atoms with Gasteiger partial charge in [-0.3, -0.25) is 4.79 Å². The summed E-state index contributed by atoms with van der Waals surface area (Å²) in [4.78, 5) is 11.7. The smallest absolute Gasteiger partial charge is 0.307 e. The van der Waals surface area contributed by atoms with E-state index in [0.717, 1.165) is 0 Å². The number of hydrogen-bond acceptors (Lipinski definition) is 5. The summed E-state index contributed by atoms with van der Waals surface area (Å²) in [5.74, 6) is 0.929. The van der Waals surface area contributed by atoms with Gasteiger partial charge < -0.3 is 9.15 Å². The van der Waals surface area contributed by atoms with Crippen LogP contribution in [0.3, 0.4) is 0 Å². The molecule has 0 unspecified atom stereocenters. The Bertz CT molecular complexity index is 698. The first kappa shape index (κ1) is 14.3. The highest BCUT2D eigenvalue weighted by Crippen LogP contribution is 2.15. The van der Waals surface area contributed by atoms with E-state index in [1.54, 1.807) is 43.3 Å². The Balaban J connectivity index is 2.01. The molecule has 0 saturated carbocycles. The molecular formula is C15H13N3O3. The van der Waals surface area contributed by atoms with Gasteiger partial charge in [0.1, 0.15) is 17.6 Å². The monoisotopic (exact) mass is 283 g/mol. The molecule has 0 aliphatic heterocycles. The summed E-state index contributed by atoms with van der Waals surface area (Å²) in [5, 5.41) is 12.4. The number of furan rings is 1. The molecule has 0 bridgehead atoms. The first-order valence-corrected chi connectivity index (χ1v) is 6.19. The third kappa shape index (κ3) is 3.94. The summed E-state index contributed by atoms with van der Waals surface area (Å²) >= 11 is 0. The van der Waals surface area contributed by atoms with Gasteiger partial charge in [-0.25, -0.2) is 5.43 Å². The number of amides is 1. The molecule has 1 aromatic heterocycles. The number of nitriles is 1. The Kier molecular flexibility index (Phi) is 4.72. The van der Waals surface area contributed by atoms with Crippen LogP contribution in [0.5, 0.6) is 5.75 Å². The minimum atomic E-state index is -0.435. The van der Waals surface area contributed by atoms with E-state index in [-0.39, 0.29) is 12.4 Å². The highest BCUT2D eigenvalue weighted by molar-refractivity contribution is 5.92. The van der Waals surface area contributed by atoms with Crippen LogP contribution in [0.1, 0.15) is 21.9 Å². The van der Waals surface area contributed by atoms with Crippen LogP contribution in [0.4, 0.5) is 0 Å². The Morgan fingerprint density at radius 2 is 2.24 bits per heavy atom. The number of benzene rings is 1. The number of aryl methyl sites for hydroxylation is 1. The van der Waals surface area contributed by atoms with Crippen molar-refractivity contribution in [2.24, 2.45) is 5.10 Å². The molecule has 0 spiro atoms. The summed E-state index contributed by atoms with van der Waals surface area (Å²) in [6.45, 7) is 1.70. The molecule has 6 nitrogen and oxygen atoms in total. The first-order chi connectivity index (χ1) is 10.2. The van der Waals surface area contributed by atoms with E-state index in [9.17, 15) is 4.79 Å². The lowest BCUT2D eigenvalue weighted by Crippen LogP contribution is -2.16. The van der Waals surface area contributed by atoms with E-state index in [1.165, 1.54) is 6.21 Å². The van der Waals surface area contributed by atoms with Gasteiger partial charge in [-0.2, -0.15) is 10.4 Å². The molecule has 1 aromatic carbocycles. The van der Waals surface area contributed by atoms with Crippen molar-refractivity contribution in [1.29, 1.82) is 5.26 Å². The van der Waals surface area contributed by atoms with Crippen LogP contribution in [0, 0.1) is 18.3 Å². The van der Waals surface area contributed by atoms with Crippen LogP contribution in [0.2, 0.25) is 0 Å². The van der Waals surface area contributed by atoms with E-state index in [4.69, 9.17) is 14.4 Å². The number of para-hydroxylation sites is 1. The topological polar surface area (TPSA) is 87.6 Å². The number of rotatable bonds is 5. The SMILES string of the molecule is Cc1ccc(C(=O)N/N=C/c2ccccc2OCC#N)o1. The van der Waals surface area contributed by atoms with Crippen molar-refractivity contribution in [3.63, 3.8) is 0 Å². The number of nitrogens with one attached hydrogen (secondary N) is 1. The van der Waals surface area contributed by atoms with Gasteiger partial charge in [0.25, 0.3) is 0 Å². The fourth-order valence-electron chi connectivity index (χ4n) is 1.60. The van der Waals surface area contributed by atoms with Crippen molar-refractivity contribution in [3.8, 4) is 11.8 Å². The third-order valence-electron chi connectivity index (χ3n) is 2.55. The Morgan fingerprint density at radius 3 is 2.95 bits per heavy atom. The van der Waals surface area contributed by atoms with Crippen molar-refractivity contribution >= 4 is 12.1 Å². The van der Waals surface area contributed by atoms with Gasteiger partial charge in [0.2, 0.25) is 0 Å². The van der Waals surface area contributed by atoms with E-state index in [1.807, 2.05) is 6.07 Å². The third-order valence-corrected chi connectivity index (χ3v) is 2.55. The van der Waals surface area contributed by atoms with Crippen LogP contribution >= 0.6 is 0 Å². The van der Waals surface area contributed by atoms with Gasteiger partial charge in [-0.05, 0) is 31.2 Å². The summed E-state index contributed by atoms with van der Waals surface area (Å²) in [7, 11) is 0. The van der Waals surface area contributed by atoms with E-state index in [0.29, 0.717) is 17.1 Å². The lowest BCUT2D eigenvalue weighted by Gasteiger charge is -2.04. The minimum Gasteiger partial charge on any atom is -0.478 e. The second-order valence-corrected chi connectivity index (χ2v) is 4.09. The number of carbonyl (C=O) groups is 1. The number of hydrogen-bond donors (Lipinski definition) is 1. The standard InChI is InChI=1S/C15H13N3O3/c1-11-6-7-14(21-11)15(19)18-17-10-12-4-2-3-5-13(12)20-9-8-16/h2-7,10H,9H2,1H3,(H,18,19)/b17-10+. The normalized spacial score (nSPS) is 10.3. The first-order valence-electron chi connectivity index (χ1n) is 6.19. The maximum atomic E-state index is 11.7. The summed E-state index contributed by atoms with van der Waals surface area (Å²) in [5.41, 5.74) is 3.02. The Morgan fingerprint density at radius 1 is 1.43 bits per heavy atom.